The molecule has 1 aliphatic heterocycles. The maximum absolute atomic E-state index is 13.5. The van der Waals surface area contributed by atoms with Crippen molar-refractivity contribution in [2.45, 2.75) is 25.2 Å². The Morgan fingerprint density at radius 3 is 2.95 bits per heavy atom. The van der Waals surface area contributed by atoms with Gasteiger partial charge in [0.1, 0.15) is 10.7 Å². The molecule has 1 aromatic carbocycles. The van der Waals surface area contributed by atoms with E-state index in [4.69, 9.17) is 0 Å². The minimum absolute atomic E-state index is 0.280. The third-order valence-corrected chi connectivity index (χ3v) is 5.06. The van der Waals surface area contributed by atoms with Crippen molar-refractivity contribution in [1.82, 2.24) is 4.98 Å². The van der Waals surface area contributed by atoms with E-state index in [1.807, 2.05) is 4.90 Å². The Balaban J connectivity index is 1.77. The molecule has 2 aromatic rings. The van der Waals surface area contributed by atoms with Crippen LogP contribution in [-0.2, 0) is 6.42 Å². The highest BCUT2D eigenvalue weighted by Gasteiger charge is 2.34. The van der Waals surface area contributed by atoms with Crippen molar-refractivity contribution in [2.24, 2.45) is 0 Å². The van der Waals surface area contributed by atoms with Gasteiger partial charge in [-0.1, -0.05) is 17.4 Å². The molecule has 1 N–H and O–H groups in total. The molecule has 1 saturated carbocycles. The molecule has 2 heterocycles. The van der Waals surface area contributed by atoms with Crippen LogP contribution in [0.2, 0.25) is 0 Å². The highest BCUT2D eigenvalue weighted by molar-refractivity contribution is 7.17. The Kier molecular flexibility index (Phi) is 2.75. The Morgan fingerprint density at radius 2 is 2.24 bits per heavy atom. The van der Waals surface area contributed by atoms with Crippen LogP contribution in [0.1, 0.15) is 39.7 Å². The minimum atomic E-state index is -0.917. The average Bonchev–Trinajstić information content (AvgIpc) is 3.06. The van der Waals surface area contributed by atoms with Crippen LogP contribution in [0, 0.1) is 5.82 Å². The van der Waals surface area contributed by atoms with Gasteiger partial charge in [-0.15, -0.1) is 0 Å². The molecule has 1 aromatic heterocycles. The van der Waals surface area contributed by atoms with Crippen molar-refractivity contribution in [1.29, 1.82) is 0 Å². The number of rotatable bonds is 3. The van der Waals surface area contributed by atoms with Gasteiger partial charge in [-0.25, -0.2) is 14.2 Å². The number of halogens is 1. The number of aromatic nitrogens is 1. The zero-order valence-corrected chi connectivity index (χ0v) is 12.0. The van der Waals surface area contributed by atoms with Crippen LogP contribution in [0.3, 0.4) is 0 Å². The summed E-state index contributed by atoms with van der Waals surface area (Å²) in [7, 11) is 0. The van der Waals surface area contributed by atoms with Crippen molar-refractivity contribution in [2.75, 3.05) is 11.4 Å². The van der Waals surface area contributed by atoms with Crippen LogP contribution >= 0.6 is 11.3 Å². The molecule has 108 valence electrons. The van der Waals surface area contributed by atoms with Gasteiger partial charge < -0.3 is 10.0 Å². The molecular formula is C15H13FN2O2S. The number of carboxylic acids is 1. The number of fused-ring (bicyclic) bond motifs is 1. The number of hydrogen-bond donors (Lipinski definition) is 1. The van der Waals surface area contributed by atoms with Crippen LogP contribution in [0.5, 0.6) is 0 Å². The second kappa shape index (κ2) is 4.53. The molecule has 2 aliphatic rings. The Bertz CT molecular complexity index is 739. The van der Waals surface area contributed by atoms with E-state index in [9.17, 15) is 14.3 Å². The number of carbonyl (C=O) groups is 1. The van der Waals surface area contributed by atoms with Gasteiger partial charge in [0.15, 0.2) is 5.13 Å². The van der Waals surface area contributed by atoms with E-state index in [2.05, 4.69) is 4.98 Å². The van der Waals surface area contributed by atoms with E-state index in [0.717, 1.165) is 37.1 Å². The third kappa shape index (κ3) is 2.10. The fourth-order valence-electron chi connectivity index (χ4n) is 2.77. The van der Waals surface area contributed by atoms with E-state index in [1.54, 1.807) is 6.07 Å². The van der Waals surface area contributed by atoms with Crippen LogP contribution < -0.4 is 4.90 Å². The summed E-state index contributed by atoms with van der Waals surface area (Å²) < 4.78 is 13.5. The molecular weight excluding hydrogens is 291 g/mol. The van der Waals surface area contributed by atoms with Crippen LogP contribution in [0.25, 0.3) is 0 Å². The van der Waals surface area contributed by atoms with E-state index in [-0.39, 0.29) is 11.7 Å². The number of hydrogen-bond acceptors (Lipinski definition) is 4. The summed E-state index contributed by atoms with van der Waals surface area (Å²) in [6.07, 6.45) is 2.85. The van der Waals surface area contributed by atoms with Crippen molar-refractivity contribution in [3.63, 3.8) is 0 Å². The highest BCUT2D eigenvalue weighted by atomic mass is 32.1. The monoisotopic (exact) mass is 304 g/mol. The van der Waals surface area contributed by atoms with E-state index in [1.165, 1.54) is 23.5 Å². The quantitative estimate of drug-likeness (QED) is 0.942. The lowest BCUT2D eigenvalue weighted by molar-refractivity contribution is 0.0700. The van der Waals surface area contributed by atoms with Gasteiger partial charge in [-0.05, 0) is 37.0 Å². The molecule has 4 rings (SSSR count). The second-order valence-corrected chi connectivity index (χ2v) is 6.44. The zero-order chi connectivity index (χ0) is 14.6. The SMILES string of the molecule is O=C(O)c1sc(N2CCc3ccc(F)cc32)nc1C1CC1. The van der Waals surface area contributed by atoms with Gasteiger partial charge in [-0.2, -0.15) is 0 Å². The lowest BCUT2D eigenvalue weighted by Gasteiger charge is -2.15. The zero-order valence-electron chi connectivity index (χ0n) is 11.2. The number of aromatic carboxylic acids is 1. The van der Waals surface area contributed by atoms with Crippen LogP contribution in [-0.4, -0.2) is 22.6 Å². The summed E-state index contributed by atoms with van der Waals surface area (Å²) in [4.78, 5) is 18.2. The third-order valence-electron chi connectivity index (χ3n) is 3.97. The molecule has 1 aliphatic carbocycles. The predicted octanol–water partition coefficient (Wildman–Crippen LogP) is 3.55. The number of thiazole rings is 1. The molecule has 0 bridgehead atoms. The molecule has 0 unspecified atom stereocenters. The fourth-order valence-corrected chi connectivity index (χ4v) is 3.80. The maximum Gasteiger partial charge on any atom is 0.347 e. The number of anilines is 2. The Hall–Kier alpha value is -1.95. The molecule has 4 nitrogen and oxygen atoms in total. The van der Waals surface area contributed by atoms with Crippen molar-refractivity contribution >= 4 is 28.1 Å². The minimum Gasteiger partial charge on any atom is -0.477 e. The number of nitrogens with zero attached hydrogens (tertiary/aromatic N) is 2. The second-order valence-electron chi connectivity index (χ2n) is 5.46. The molecule has 0 radical (unpaired) electrons. The molecule has 0 spiro atoms. The van der Waals surface area contributed by atoms with Crippen molar-refractivity contribution < 1.29 is 14.3 Å². The molecule has 21 heavy (non-hydrogen) atoms. The van der Waals surface area contributed by atoms with Crippen LogP contribution in [0.15, 0.2) is 18.2 Å². The first-order valence-electron chi connectivity index (χ1n) is 6.93. The van der Waals surface area contributed by atoms with Crippen molar-refractivity contribution in [3.05, 3.63) is 40.2 Å². The van der Waals surface area contributed by atoms with Gasteiger partial charge in [0.2, 0.25) is 0 Å². The normalized spacial score (nSPS) is 17.1. The van der Waals surface area contributed by atoms with Gasteiger partial charge in [0, 0.05) is 18.2 Å². The number of carboxylic acid groups (broad SMARTS) is 1. The maximum atomic E-state index is 13.5. The van der Waals surface area contributed by atoms with E-state index < -0.39 is 5.97 Å². The van der Waals surface area contributed by atoms with Crippen molar-refractivity contribution in [3.8, 4) is 0 Å². The molecule has 1 fully saturated rings. The van der Waals surface area contributed by atoms with Gasteiger partial charge in [0.05, 0.1) is 5.69 Å². The smallest absolute Gasteiger partial charge is 0.347 e. The highest BCUT2D eigenvalue weighted by Crippen LogP contribution is 2.46. The lowest BCUT2D eigenvalue weighted by Crippen LogP contribution is -2.13. The summed E-state index contributed by atoms with van der Waals surface area (Å²) >= 11 is 1.20. The first-order valence-corrected chi connectivity index (χ1v) is 7.75. The molecule has 0 atom stereocenters. The standard InChI is InChI=1S/C15H13FN2O2S/c16-10-4-3-8-5-6-18(11(8)7-10)15-17-12(9-1-2-9)13(21-15)14(19)20/h3-4,7,9H,1-2,5-6H2,(H,19,20). The van der Waals surface area contributed by atoms with Gasteiger partial charge in [-0.3, -0.25) is 0 Å². The molecule has 6 heteroatoms. The average molecular weight is 304 g/mol. The predicted molar refractivity (Wildman–Crippen MR) is 78.2 cm³/mol. The summed E-state index contributed by atoms with van der Waals surface area (Å²) in [6, 6.07) is 4.75. The summed E-state index contributed by atoms with van der Waals surface area (Å²) in [5.41, 5.74) is 2.59. The summed E-state index contributed by atoms with van der Waals surface area (Å²) in [5.74, 6) is -0.909. The lowest BCUT2D eigenvalue weighted by atomic mass is 10.2. The molecule has 0 saturated heterocycles. The number of benzene rings is 1. The first kappa shape index (κ1) is 12.8. The molecule has 0 amide bonds. The Labute approximate surface area is 124 Å². The Morgan fingerprint density at radius 1 is 1.43 bits per heavy atom. The fraction of sp³-hybridized carbons (Fsp3) is 0.333. The van der Waals surface area contributed by atoms with Gasteiger partial charge in [0.25, 0.3) is 0 Å². The van der Waals surface area contributed by atoms with Crippen LogP contribution in [0.4, 0.5) is 15.2 Å². The first-order chi connectivity index (χ1) is 10.1. The van der Waals surface area contributed by atoms with Gasteiger partial charge >= 0.3 is 5.97 Å². The largest absolute Gasteiger partial charge is 0.477 e. The van der Waals surface area contributed by atoms with E-state index >= 15 is 0 Å². The summed E-state index contributed by atoms with van der Waals surface area (Å²) in [5, 5.41) is 10.00. The topological polar surface area (TPSA) is 53.4 Å². The summed E-state index contributed by atoms with van der Waals surface area (Å²) in [6.45, 7) is 0.718. The van der Waals surface area contributed by atoms with E-state index in [0.29, 0.717) is 15.7 Å².